The average Bonchev–Trinajstić information content (AvgIpc) is 2.73. The van der Waals surface area contributed by atoms with Crippen molar-refractivity contribution in [3.63, 3.8) is 0 Å². The van der Waals surface area contributed by atoms with E-state index in [0.29, 0.717) is 23.6 Å². The van der Waals surface area contributed by atoms with Gasteiger partial charge in [0.25, 0.3) is 0 Å². The van der Waals surface area contributed by atoms with Gasteiger partial charge in [-0.05, 0) is 24.6 Å². The fourth-order valence-corrected chi connectivity index (χ4v) is 2.18. The summed E-state index contributed by atoms with van der Waals surface area (Å²) in [7, 11) is 0. The van der Waals surface area contributed by atoms with Crippen LogP contribution in [0.25, 0.3) is 0 Å². The third-order valence-electron chi connectivity index (χ3n) is 2.78. The highest BCUT2D eigenvalue weighted by atomic mass is 35.5. The number of carbonyl (C=O) groups is 2. The summed E-state index contributed by atoms with van der Waals surface area (Å²) in [4.78, 5) is 24.0. The Morgan fingerprint density at radius 3 is 2.89 bits per heavy atom. The number of ether oxygens (including phenoxy) is 1. The first-order valence-electron chi connectivity index (χ1n) is 5.59. The molecule has 1 heterocycles. The van der Waals surface area contributed by atoms with E-state index in [-0.39, 0.29) is 12.5 Å². The van der Waals surface area contributed by atoms with Crippen LogP contribution < -0.4 is 10.6 Å². The number of anilines is 1. The van der Waals surface area contributed by atoms with E-state index >= 15 is 0 Å². The predicted molar refractivity (Wildman–Crippen MR) is 67.4 cm³/mol. The molecule has 0 aliphatic carbocycles. The second-order valence-corrected chi connectivity index (χ2v) is 4.47. The average molecular weight is 269 g/mol. The maximum absolute atomic E-state index is 11.7. The monoisotopic (exact) mass is 268 g/mol. The maximum Gasteiger partial charge on any atom is 0.404 e. The number of hydrogen-bond acceptors (Lipinski definition) is 3. The van der Waals surface area contributed by atoms with Gasteiger partial charge < -0.3 is 15.4 Å². The van der Waals surface area contributed by atoms with Gasteiger partial charge in [0.05, 0.1) is 5.69 Å². The third-order valence-corrected chi connectivity index (χ3v) is 3.01. The molecular weight excluding hydrogens is 256 g/mol. The predicted octanol–water partition coefficient (Wildman–Crippen LogP) is 2.06. The van der Waals surface area contributed by atoms with Crippen LogP contribution in [0.5, 0.6) is 0 Å². The van der Waals surface area contributed by atoms with Gasteiger partial charge in [0.1, 0.15) is 6.61 Å². The molecular formula is C12H13ClN2O3. The number of halogens is 1. The number of primary amides is 1. The first-order chi connectivity index (χ1) is 8.58. The lowest BCUT2D eigenvalue weighted by Crippen LogP contribution is -2.25. The lowest BCUT2D eigenvalue weighted by atomic mass is 10.1. The van der Waals surface area contributed by atoms with Crippen molar-refractivity contribution in [2.45, 2.75) is 19.4 Å². The number of rotatable bonds is 3. The molecule has 1 fully saturated rings. The molecule has 6 heteroatoms. The number of benzene rings is 1. The largest absolute Gasteiger partial charge is 0.445 e. The Balaban J connectivity index is 2.27. The minimum Gasteiger partial charge on any atom is -0.445 e. The zero-order valence-corrected chi connectivity index (χ0v) is 10.4. The normalized spacial score (nSPS) is 14.9. The Kier molecular flexibility index (Phi) is 3.72. The van der Waals surface area contributed by atoms with Crippen molar-refractivity contribution in [2.75, 3.05) is 11.4 Å². The van der Waals surface area contributed by atoms with Crippen LogP contribution >= 0.6 is 11.6 Å². The van der Waals surface area contributed by atoms with E-state index in [0.717, 1.165) is 12.1 Å². The van der Waals surface area contributed by atoms with Crippen LogP contribution in [-0.4, -0.2) is 18.5 Å². The molecule has 96 valence electrons. The molecule has 1 aromatic carbocycles. The van der Waals surface area contributed by atoms with E-state index in [4.69, 9.17) is 22.1 Å². The minimum atomic E-state index is -0.853. The second-order valence-electron chi connectivity index (χ2n) is 4.03. The molecule has 0 atom stereocenters. The van der Waals surface area contributed by atoms with E-state index in [1.165, 1.54) is 0 Å². The molecule has 5 nitrogen and oxygen atoms in total. The van der Waals surface area contributed by atoms with E-state index < -0.39 is 6.09 Å². The van der Waals surface area contributed by atoms with Gasteiger partial charge in [-0.2, -0.15) is 0 Å². The molecule has 1 aromatic rings. The topological polar surface area (TPSA) is 72.6 Å². The Morgan fingerprint density at radius 2 is 2.28 bits per heavy atom. The van der Waals surface area contributed by atoms with Gasteiger partial charge in [-0.3, -0.25) is 4.79 Å². The highest BCUT2D eigenvalue weighted by Gasteiger charge is 2.24. The fourth-order valence-electron chi connectivity index (χ4n) is 1.98. The molecule has 2 rings (SSSR count). The summed E-state index contributed by atoms with van der Waals surface area (Å²) in [5.74, 6) is 0.0673. The highest BCUT2D eigenvalue weighted by molar-refractivity contribution is 6.30. The van der Waals surface area contributed by atoms with E-state index in [2.05, 4.69) is 0 Å². The zero-order valence-electron chi connectivity index (χ0n) is 9.69. The number of nitrogens with two attached hydrogens (primary N) is 1. The molecule has 18 heavy (non-hydrogen) atoms. The molecule has 0 saturated carbocycles. The van der Waals surface area contributed by atoms with Crippen LogP contribution in [0.2, 0.25) is 5.02 Å². The van der Waals surface area contributed by atoms with Crippen molar-refractivity contribution in [3.8, 4) is 0 Å². The minimum absolute atomic E-state index is 0.00894. The summed E-state index contributed by atoms with van der Waals surface area (Å²) in [6.07, 6.45) is 0.518. The molecule has 0 bridgehead atoms. The van der Waals surface area contributed by atoms with Crippen molar-refractivity contribution in [1.82, 2.24) is 0 Å². The van der Waals surface area contributed by atoms with Gasteiger partial charge in [-0.15, -0.1) is 0 Å². The molecule has 1 aliphatic rings. The molecule has 0 spiro atoms. The molecule has 0 radical (unpaired) electrons. The zero-order chi connectivity index (χ0) is 13.1. The summed E-state index contributed by atoms with van der Waals surface area (Å²) in [6.45, 7) is 0.680. The molecule has 2 amide bonds. The second kappa shape index (κ2) is 5.27. The number of amides is 2. The van der Waals surface area contributed by atoms with Crippen molar-refractivity contribution < 1.29 is 14.3 Å². The summed E-state index contributed by atoms with van der Waals surface area (Å²) in [6, 6.07) is 5.13. The van der Waals surface area contributed by atoms with Crippen LogP contribution in [0.3, 0.4) is 0 Å². The SMILES string of the molecule is NC(=O)OCc1cc(Cl)ccc1N1CCCC1=O. The Labute approximate surface area is 109 Å². The Morgan fingerprint density at radius 1 is 1.50 bits per heavy atom. The quantitative estimate of drug-likeness (QED) is 0.912. The Bertz CT molecular complexity index is 490. The first-order valence-corrected chi connectivity index (χ1v) is 5.97. The highest BCUT2D eigenvalue weighted by Crippen LogP contribution is 2.28. The molecule has 1 aliphatic heterocycles. The van der Waals surface area contributed by atoms with Gasteiger partial charge in [-0.1, -0.05) is 11.6 Å². The number of carbonyl (C=O) groups excluding carboxylic acids is 2. The van der Waals surface area contributed by atoms with Crippen LogP contribution in [0.15, 0.2) is 18.2 Å². The standard InChI is InChI=1S/C12H13ClN2O3/c13-9-3-4-10(15-5-1-2-11(15)16)8(6-9)7-18-12(14)17/h3-4,6H,1-2,5,7H2,(H2,14,17). The van der Waals surface area contributed by atoms with Gasteiger partial charge in [0.15, 0.2) is 0 Å². The van der Waals surface area contributed by atoms with E-state index in [9.17, 15) is 9.59 Å². The lowest BCUT2D eigenvalue weighted by Gasteiger charge is -2.19. The molecule has 1 saturated heterocycles. The van der Waals surface area contributed by atoms with Crippen LogP contribution in [0, 0.1) is 0 Å². The summed E-state index contributed by atoms with van der Waals surface area (Å²) in [5, 5.41) is 0.522. The van der Waals surface area contributed by atoms with Gasteiger partial charge >= 0.3 is 6.09 Å². The van der Waals surface area contributed by atoms with E-state index in [1.807, 2.05) is 0 Å². The summed E-state index contributed by atoms with van der Waals surface area (Å²) in [5.41, 5.74) is 6.34. The van der Waals surface area contributed by atoms with Gasteiger partial charge in [0, 0.05) is 23.6 Å². The fraction of sp³-hybridized carbons (Fsp3) is 0.333. The van der Waals surface area contributed by atoms with Crippen molar-refractivity contribution >= 4 is 29.3 Å². The van der Waals surface area contributed by atoms with Gasteiger partial charge in [0.2, 0.25) is 5.91 Å². The molecule has 0 aromatic heterocycles. The van der Waals surface area contributed by atoms with Gasteiger partial charge in [-0.25, -0.2) is 4.79 Å². The van der Waals surface area contributed by atoms with Crippen LogP contribution in [0.1, 0.15) is 18.4 Å². The van der Waals surface area contributed by atoms with Crippen molar-refractivity contribution in [1.29, 1.82) is 0 Å². The van der Waals surface area contributed by atoms with E-state index in [1.54, 1.807) is 23.1 Å². The Hall–Kier alpha value is -1.75. The summed E-state index contributed by atoms with van der Waals surface area (Å²) < 4.78 is 4.76. The van der Waals surface area contributed by atoms with Crippen molar-refractivity contribution in [3.05, 3.63) is 28.8 Å². The number of hydrogen-bond donors (Lipinski definition) is 1. The number of nitrogens with zero attached hydrogens (tertiary/aromatic N) is 1. The molecule has 0 unspecified atom stereocenters. The maximum atomic E-state index is 11.7. The lowest BCUT2D eigenvalue weighted by molar-refractivity contribution is -0.117. The third kappa shape index (κ3) is 2.73. The smallest absolute Gasteiger partial charge is 0.404 e. The van der Waals surface area contributed by atoms with Crippen LogP contribution in [-0.2, 0) is 16.1 Å². The van der Waals surface area contributed by atoms with Crippen LogP contribution in [0.4, 0.5) is 10.5 Å². The summed E-state index contributed by atoms with van der Waals surface area (Å²) >= 11 is 5.90. The first kappa shape index (κ1) is 12.7. The van der Waals surface area contributed by atoms with Crippen molar-refractivity contribution in [2.24, 2.45) is 5.73 Å². The molecule has 2 N–H and O–H groups in total.